The fraction of sp³-hybridized carbons (Fsp3) is 0.105. The Hall–Kier alpha value is -3.33. The summed E-state index contributed by atoms with van der Waals surface area (Å²) >= 11 is 0. The molecule has 0 bridgehead atoms. The minimum Gasteiger partial charge on any atom is -0.383 e. The van der Waals surface area contributed by atoms with Crippen molar-refractivity contribution in [2.24, 2.45) is 0 Å². The molecule has 0 fully saturated rings. The summed E-state index contributed by atoms with van der Waals surface area (Å²) in [6.45, 7) is 1.94. The minimum atomic E-state index is -3.69. The average Bonchev–Trinajstić information content (AvgIpc) is 2.98. The number of nitrogens with two attached hydrogens (primary N) is 1. The number of nitrogens with zero attached hydrogens (tertiary/aromatic N) is 4. The van der Waals surface area contributed by atoms with Crippen LogP contribution < -0.4 is 5.73 Å². The monoisotopic (exact) mass is 397 g/mol. The molecule has 0 radical (unpaired) electrons. The first-order valence-corrected chi connectivity index (χ1v) is 10.2. The maximum Gasteiger partial charge on any atom is 0.249 e. The van der Waals surface area contributed by atoms with E-state index in [0.29, 0.717) is 16.6 Å². The molecule has 9 heteroatoms. The second kappa shape index (κ2) is 6.38. The maximum atomic E-state index is 13.4. The zero-order valence-electron chi connectivity index (χ0n) is 15.1. The number of anilines is 1. The number of fused-ring (bicyclic) bond motifs is 1. The van der Waals surface area contributed by atoms with Crippen molar-refractivity contribution in [3.63, 3.8) is 0 Å². The molecule has 2 N–H and O–H groups in total. The average molecular weight is 397 g/mol. The lowest BCUT2D eigenvalue weighted by Gasteiger charge is -2.06. The lowest BCUT2D eigenvalue weighted by molar-refractivity contribution is 0.593. The van der Waals surface area contributed by atoms with E-state index in [1.54, 1.807) is 0 Å². The second-order valence-electron chi connectivity index (χ2n) is 6.47. The highest BCUT2D eigenvalue weighted by molar-refractivity contribution is 7.90. The van der Waals surface area contributed by atoms with Gasteiger partial charge < -0.3 is 5.73 Å². The molecule has 0 amide bonds. The van der Waals surface area contributed by atoms with Crippen LogP contribution >= 0.6 is 0 Å². The molecule has 0 unspecified atom stereocenters. The van der Waals surface area contributed by atoms with Gasteiger partial charge in [-0.25, -0.2) is 22.5 Å². The van der Waals surface area contributed by atoms with Crippen LogP contribution in [-0.4, -0.2) is 34.4 Å². The lowest BCUT2D eigenvalue weighted by Crippen LogP contribution is -2.05. The molecular formula is C19H16FN5O2S. The quantitative estimate of drug-likeness (QED) is 0.533. The fourth-order valence-electron chi connectivity index (χ4n) is 2.93. The number of nitrogen functional groups attached to an aromatic ring is 1. The summed E-state index contributed by atoms with van der Waals surface area (Å²) in [5.41, 5.74) is 9.00. The van der Waals surface area contributed by atoms with Crippen LogP contribution in [-0.2, 0) is 9.84 Å². The number of hydrogen-bond donors (Lipinski definition) is 1. The Bertz CT molecular complexity index is 1310. The predicted octanol–water partition coefficient (Wildman–Crippen LogP) is 2.92. The van der Waals surface area contributed by atoms with Crippen molar-refractivity contribution in [1.29, 1.82) is 0 Å². The van der Waals surface area contributed by atoms with Crippen molar-refractivity contribution >= 4 is 26.7 Å². The molecule has 4 aromatic rings. The molecule has 2 heterocycles. The topological polar surface area (TPSA) is 104 Å². The van der Waals surface area contributed by atoms with Gasteiger partial charge in [-0.15, -0.1) is 5.10 Å². The van der Waals surface area contributed by atoms with Crippen molar-refractivity contribution in [3.05, 3.63) is 59.9 Å². The number of aryl methyl sites for hydroxylation is 1. The summed E-state index contributed by atoms with van der Waals surface area (Å²) in [5.74, 6) is -0.152. The number of benzene rings is 2. The third kappa shape index (κ3) is 3.09. The van der Waals surface area contributed by atoms with Gasteiger partial charge in [0.15, 0.2) is 5.65 Å². The van der Waals surface area contributed by atoms with Crippen molar-refractivity contribution in [2.75, 3.05) is 12.0 Å². The largest absolute Gasteiger partial charge is 0.383 e. The van der Waals surface area contributed by atoms with Gasteiger partial charge in [-0.05, 0) is 48.9 Å². The summed E-state index contributed by atoms with van der Waals surface area (Å²) in [6, 6.07) is 13.1. The first kappa shape index (κ1) is 18.1. The number of aromatic nitrogens is 4. The van der Waals surface area contributed by atoms with Crippen molar-refractivity contribution in [3.8, 4) is 16.9 Å². The van der Waals surface area contributed by atoms with E-state index < -0.39 is 15.7 Å². The van der Waals surface area contributed by atoms with E-state index >= 15 is 0 Å². The van der Waals surface area contributed by atoms with Crippen molar-refractivity contribution in [2.45, 2.75) is 12.1 Å². The molecule has 0 aliphatic carbocycles. The Morgan fingerprint density at radius 3 is 2.43 bits per heavy atom. The van der Waals surface area contributed by atoms with E-state index in [9.17, 15) is 12.8 Å². The van der Waals surface area contributed by atoms with Gasteiger partial charge in [-0.1, -0.05) is 12.1 Å². The van der Waals surface area contributed by atoms with Gasteiger partial charge in [0, 0.05) is 11.8 Å². The number of rotatable bonds is 3. The van der Waals surface area contributed by atoms with E-state index in [-0.39, 0.29) is 22.3 Å². The minimum absolute atomic E-state index is 0.147. The van der Waals surface area contributed by atoms with Crippen LogP contribution in [0.25, 0.3) is 28.0 Å². The summed E-state index contributed by atoms with van der Waals surface area (Å²) in [6.07, 6.45) is 1.02. The Morgan fingerprint density at radius 2 is 1.79 bits per heavy atom. The summed E-state index contributed by atoms with van der Waals surface area (Å²) in [4.78, 5) is 8.30. The van der Waals surface area contributed by atoms with Crippen molar-refractivity contribution in [1.82, 2.24) is 19.7 Å². The molecule has 0 aliphatic heterocycles. The Balaban J connectivity index is 2.07. The second-order valence-corrected chi connectivity index (χ2v) is 8.38. The summed E-state index contributed by atoms with van der Waals surface area (Å²) < 4.78 is 39.0. The molecule has 28 heavy (non-hydrogen) atoms. The van der Waals surface area contributed by atoms with Crippen LogP contribution in [0.2, 0.25) is 0 Å². The fourth-order valence-corrected chi connectivity index (χ4v) is 3.44. The smallest absolute Gasteiger partial charge is 0.249 e. The zero-order chi connectivity index (χ0) is 20.1. The van der Waals surface area contributed by atoms with E-state index in [1.807, 2.05) is 31.2 Å². The standard InChI is InChI=1S/C19H16FN5O2S/c1-11-4-3-5-14(10-11)25-17(21)15-16(12-6-8-13(20)9-7-12)22-19(28(2,26)27)23-18(15)24-25/h3-10H,21H2,1-2H3. The predicted molar refractivity (Wildman–Crippen MR) is 104 cm³/mol. The third-order valence-electron chi connectivity index (χ3n) is 4.24. The van der Waals surface area contributed by atoms with Crippen molar-refractivity contribution < 1.29 is 12.8 Å². The Kier molecular flexibility index (Phi) is 4.11. The molecule has 7 nitrogen and oxygen atoms in total. The van der Waals surface area contributed by atoms with Gasteiger partial charge >= 0.3 is 0 Å². The zero-order valence-corrected chi connectivity index (χ0v) is 15.9. The molecule has 0 aliphatic rings. The van der Waals surface area contributed by atoms with Gasteiger partial charge in [-0.2, -0.15) is 4.98 Å². The molecule has 4 rings (SSSR count). The van der Waals surface area contributed by atoms with Gasteiger partial charge in [-0.3, -0.25) is 0 Å². The van der Waals surface area contributed by atoms with E-state index in [1.165, 1.54) is 28.9 Å². The van der Waals surface area contributed by atoms with Crippen LogP contribution in [0, 0.1) is 12.7 Å². The van der Waals surface area contributed by atoms with Crippen LogP contribution in [0.15, 0.2) is 53.7 Å². The van der Waals surface area contributed by atoms with E-state index in [0.717, 1.165) is 11.8 Å². The molecule has 0 spiro atoms. The van der Waals surface area contributed by atoms with Gasteiger partial charge in [0.1, 0.15) is 11.6 Å². The van der Waals surface area contributed by atoms with E-state index in [4.69, 9.17) is 5.73 Å². The van der Waals surface area contributed by atoms with Gasteiger partial charge in [0.25, 0.3) is 0 Å². The van der Waals surface area contributed by atoms with Gasteiger partial charge in [0.2, 0.25) is 15.0 Å². The Labute approximate surface area is 160 Å². The molecule has 2 aromatic heterocycles. The van der Waals surface area contributed by atoms with Crippen LogP contribution in [0.3, 0.4) is 0 Å². The first-order valence-electron chi connectivity index (χ1n) is 8.33. The number of sulfone groups is 1. The normalized spacial score (nSPS) is 11.8. The Morgan fingerprint density at radius 1 is 1.07 bits per heavy atom. The number of hydrogen-bond acceptors (Lipinski definition) is 6. The van der Waals surface area contributed by atoms with Crippen LogP contribution in [0.4, 0.5) is 10.2 Å². The number of halogens is 1. The molecule has 0 atom stereocenters. The molecule has 0 saturated heterocycles. The molecule has 2 aromatic carbocycles. The van der Waals surface area contributed by atoms with Gasteiger partial charge in [0.05, 0.1) is 16.8 Å². The highest BCUT2D eigenvalue weighted by Crippen LogP contribution is 2.32. The summed E-state index contributed by atoms with van der Waals surface area (Å²) in [7, 11) is -3.69. The highest BCUT2D eigenvalue weighted by atomic mass is 32.2. The van der Waals surface area contributed by atoms with Crippen LogP contribution in [0.5, 0.6) is 0 Å². The van der Waals surface area contributed by atoms with E-state index in [2.05, 4.69) is 15.1 Å². The molecule has 142 valence electrons. The summed E-state index contributed by atoms with van der Waals surface area (Å²) in [5, 5.41) is 4.44. The highest BCUT2D eigenvalue weighted by Gasteiger charge is 2.22. The lowest BCUT2D eigenvalue weighted by atomic mass is 10.1. The maximum absolute atomic E-state index is 13.4. The first-order chi connectivity index (χ1) is 13.2. The SMILES string of the molecule is Cc1cccc(-n2nc3nc(S(C)(=O)=O)nc(-c4ccc(F)cc4)c3c2N)c1. The third-order valence-corrected chi connectivity index (χ3v) is 5.09. The molecule has 0 saturated carbocycles. The molecular weight excluding hydrogens is 381 g/mol. The van der Waals surface area contributed by atoms with Crippen LogP contribution in [0.1, 0.15) is 5.56 Å².